The van der Waals surface area contributed by atoms with Crippen LogP contribution >= 0.6 is 0 Å². The van der Waals surface area contributed by atoms with Gasteiger partial charge in [0.25, 0.3) is 5.91 Å². The van der Waals surface area contributed by atoms with Crippen LogP contribution in [0.2, 0.25) is 0 Å². The van der Waals surface area contributed by atoms with Crippen molar-refractivity contribution in [2.45, 2.75) is 6.42 Å². The number of carbonyl (C=O) groups excluding carboxylic acids is 1. The zero-order valence-corrected chi connectivity index (χ0v) is 11.4. The Labute approximate surface area is 122 Å². The standard InChI is InChI=1S/C15H15NO5/c1-2-6-16(10-14(17)18)15(19)11-4-5-12-13(9-11)21-8-3-7-20-12/h1,4-5,9H,3,6-8,10H2,(H,17,18). The van der Waals surface area contributed by atoms with E-state index in [1.807, 2.05) is 0 Å². The van der Waals surface area contributed by atoms with Gasteiger partial charge in [-0.2, -0.15) is 0 Å². The van der Waals surface area contributed by atoms with Crippen LogP contribution in [0, 0.1) is 12.3 Å². The molecule has 110 valence electrons. The maximum absolute atomic E-state index is 12.3. The van der Waals surface area contributed by atoms with Gasteiger partial charge in [-0.1, -0.05) is 5.92 Å². The molecule has 1 heterocycles. The Bertz CT molecular complexity index is 590. The molecule has 1 aliphatic heterocycles. The van der Waals surface area contributed by atoms with E-state index in [2.05, 4.69) is 5.92 Å². The number of aliphatic carboxylic acids is 1. The quantitative estimate of drug-likeness (QED) is 0.837. The topological polar surface area (TPSA) is 76.1 Å². The van der Waals surface area contributed by atoms with Gasteiger partial charge in [-0.05, 0) is 18.2 Å². The Kier molecular flexibility index (Phi) is 4.67. The number of hydrogen-bond donors (Lipinski definition) is 1. The molecule has 0 radical (unpaired) electrons. The van der Waals surface area contributed by atoms with Crippen LogP contribution in [0.25, 0.3) is 0 Å². The van der Waals surface area contributed by atoms with Crippen molar-refractivity contribution >= 4 is 11.9 Å². The van der Waals surface area contributed by atoms with Crippen molar-refractivity contribution in [2.24, 2.45) is 0 Å². The van der Waals surface area contributed by atoms with E-state index in [1.165, 1.54) is 0 Å². The van der Waals surface area contributed by atoms with Crippen LogP contribution in [0.15, 0.2) is 18.2 Å². The van der Waals surface area contributed by atoms with E-state index in [-0.39, 0.29) is 6.54 Å². The minimum absolute atomic E-state index is 0.0699. The molecule has 6 nitrogen and oxygen atoms in total. The third-order valence-corrected chi connectivity index (χ3v) is 2.89. The van der Waals surface area contributed by atoms with Crippen LogP contribution in [0.5, 0.6) is 11.5 Å². The van der Waals surface area contributed by atoms with E-state index < -0.39 is 18.4 Å². The number of hydrogen-bond acceptors (Lipinski definition) is 4. The van der Waals surface area contributed by atoms with Gasteiger partial charge in [-0.25, -0.2) is 0 Å². The van der Waals surface area contributed by atoms with Gasteiger partial charge in [0, 0.05) is 12.0 Å². The lowest BCUT2D eigenvalue weighted by Crippen LogP contribution is -2.36. The summed E-state index contributed by atoms with van der Waals surface area (Å²) in [6.45, 7) is 0.549. The van der Waals surface area contributed by atoms with Crippen LogP contribution in [0.1, 0.15) is 16.8 Å². The second-order valence-corrected chi connectivity index (χ2v) is 4.47. The Morgan fingerprint density at radius 1 is 1.29 bits per heavy atom. The lowest BCUT2D eigenvalue weighted by Gasteiger charge is -2.18. The van der Waals surface area contributed by atoms with E-state index in [9.17, 15) is 9.59 Å². The van der Waals surface area contributed by atoms with Crippen molar-refractivity contribution in [1.29, 1.82) is 0 Å². The number of carbonyl (C=O) groups is 2. The molecule has 0 fully saturated rings. The summed E-state index contributed by atoms with van der Waals surface area (Å²) in [6.07, 6.45) is 5.94. The lowest BCUT2D eigenvalue weighted by atomic mass is 10.1. The van der Waals surface area contributed by atoms with Gasteiger partial charge in [0.15, 0.2) is 11.5 Å². The number of fused-ring (bicyclic) bond motifs is 1. The average Bonchev–Trinajstić information content (AvgIpc) is 2.70. The Morgan fingerprint density at radius 3 is 2.67 bits per heavy atom. The van der Waals surface area contributed by atoms with Gasteiger partial charge < -0.3 is 19.5 Å². The second kappa shape index (κ2) is 6.66. The first kappa shape index (κ1) is 14.7. The number of ether oxygens (including phenoxy) is 2. The molecule has 21 heavy (non-hydrogen) atoms. The molecule has 0 atom stereocenters. The van der Waals surface area contributed by atoms with E-state index in [1.54, 1.807) is 18.2 Å². The molecule has 1 amide bonds. The molecule has 2 rings (SSSR count). The van der Waals surface area contributed by atoms with Crippen molar-refractivity contribution < 1.29 is 24.2 Å². The van der Waals surface area contributed by atoms with Crippen LogP contribution in [0.3, 0.4) is 0 Å². The van der Waals surface area contributed by atoms with Gasteiger partial charge in [-0.3, -0.25) is 9.59 Å². The monoisotopic (exact) mass is 289 g/mol. The number of rotatable bonds is 4. The van der Waals surface area contributed by atoms with Crippen LogP contribution in [-0.2, 0) is 4.79 Å². The minimum atomic E-state index is -1.12. The summed E-state index contributed by atoms with van der Waals surface area (Å²) in [7, 11) is 0. The highest BCUT2D eigenvalue weighted by molar-refractivity contribution is 5.96. The maximum Gasteiger partial charge on any atom is 0.323 e. The third-order valence-electron chi connectivity index (χ3n) is 2.89. The number of amides is 1. The molecule has 6 heteroatoms. The molecule has 0 spiro atoms. The molecule has 1 aromatic carbocycles. The number of terminal acetylenes is 1. The number of carboxylic acids is 1. The fourth-order valence-electron chi connectivity index (χ4n) is 1.95. The first-order valence-corrected chi connectivity index (χ1v) is 6.46. The summed E-state index contributed by atoms with van der Waals surface area (Å²) in [5.41, 5.74) is 0.316. The summed E-state index contributed by atoms with van der Waals surface area (Å²) in [5.74, 6) is 1.77. The molecule has 0 bridgehead atoms. The molecule has 1 aliphatic rings. The smallest absolute Gasteiger partial charge is 0.323 e. The van der Waals surface area contributed by atoms with Crippen molar-refractivity contribution in [1.82, 2.24) is 4.90 Å². The Balaban J connectivity index is 2.23. The summed E-state index contributed by atoms with van der Waals surface area (Å²) in [6, 6.07) is 4.76. The predicted octanol–water partition coefficient (Wildman–Crippen LogP) is 1.01. The number of benzene rings is 1. The normalized spacial score (nSPS) is 12.9. The highest BCUT2D eigenvalue weighted by atomic mass is 16.5. The molecule has 1 N–H and O–H groups in total. The largest absolute Gasteiger partial charge is 0.490 e. The van der Waals surface area contributed by atoms with Crippen LogP contribution < -0.4 is 9.47 Å². The van der Waals surface area contributed by atoms with Crippen molar-refractivity contribution in [3.63, 3.8) is 0 Å². The molecule has 0 saturated heterocycles. The Hall–Kier alpha value is -2.68. The van der Waals surface area contributed by atoms with Crippen molar-refractivity contribution in [2.75, 3.05) is 26.3 Å². The lowest BCUT2D eigenvalue weighted by molar-refractivity contribution is -0.137. The maximum atomic E-state index is 12.3. The molecular weight excluding hydrogens is 274 g/mol. The molecule has 0 saturated carbocycles. The molecule has 0 unspecified atom stereocenters. The van der Waals surface area contributed by atoms with Crippen molar-refractivity contribution in [3.05, 3.63) is 23.8 Å². The molecule has 0 aliphatic carbocycles. The molecular formula is C15H15NO5. The first-order valence-electron chi connectivity index (χ1n) is 6.46. The Morgan fingerprint density at radius 2 is 2.00 bits per heavy atom. The van der Waals surface area contributed by atoms with Crippen LogP contribution in [-0.4, -0.2) is 48.2 Å². The van der Waals surface area contributed by atoms with E-state index >= 15 is 0 Å². The summed E-state index contributed by atoms with van der Waals surface area (Å²) >= 11 is 0. The molecule has 1 aromatic rings. The zero-order valence-electron chi connectivity index (χ0n) is 11.4. The van der Waals surface area contributed by atoms with E-state index in [0.717, 1.165) is 11.3 Å². The van der Waals surface area contributed by atoms with Crippen LogP contribution in [0.4, 0.5) is 0 Å². The summed E-state index contributed by atoms with van der Waals surface area (Å²) in [4.78, 5) is 24.2. The fourth-order valence-corrected chi connectivity index (χ4v) is 1.95. The van der Waals surface area contributed by atoms with Gasteiger partial charge in [0.2, 0.25) is 0 Å². The SMILES string of the molecule is C#CCN(CC(=O)O)C(=O)c1ccc2c(c1)OCCCO2. The highest BCUT2D eigenvalue weighted by Gasteiger charge is 2.20. The van der Waals surface area contributed by atoms with Gasteiger partial charge in [-0.15, -0.1) is 6.42 Å². The van der Waals surface area contributed by atoms with Gasteiger partial charge in [0.05, 0.1) is 19.8 Å². The zero-order chi connectivity index (χ0) is 15.2. The minimum Gasteiger partial charge on any atom is -0.490 e. The molecule has 0 aromatic heterocycles. The second-order valence-electron chi connectivity index (χ2n) is 4.47. The average molecular weight is 289 g/mol. The van der Waals surface area contributed by atoms with Gasteiger partial charge >= 0.3 is 5.97 Å². The summed E-state index contributed by atoms with van der Waals surface area (Å²) in [5, 5.41) is 8.83. The number of carboxylic acid groups (broad SMARTS) is 1. The first-order chi connectivity index (χ1) is 10.1. The van der Waals surface area contributed by atoms with Gasteiger partial charge in [0.1, 0.15) is 6.54 Å². The van der Waals surface area contributed by atoms with E-state index in [0.29, 0.717) is 30.3 Å². The predicted molar refractivity (Wildman–Crippen MR) is 74.4 cm³/mol. The summed E-state index contributed by atoms with van der Waals surface area (Å²) < 4.78 is 11.0. The number of nitrogens with zero attached hydrogens (tertiary/aromatic N) is 1. The van der Waals surface area contributed by atoms with E-state index in [4.69, 9.17) is 21.0 Å². The fraction of sp³-hybridized carbons (Fsp3) is 0.333. The van der Waals surface area contributed by atoms with Crippen molar-refractivity contribution in [3.8, 4) is 23.8 Å². The highest BCUT2D eigenvalue weighted by Crippen LogP contribution is 2.30. The third kappa shape index (κ3) is 3.66.